The molecule has 0 unspecified atom stereocenters. The number of nitrogens with zero attached hydrogens (tertiary/aromatic N) is 1. The van der Waals surface area contributed by atoms with Gasteiger partial charge < -0.3 is 9.59 Å². The Morgan fingerprint density at radius 3 is 2.50 bits per heavy atom. The van der Waals surface area contributed by atoms with Gasteiger partial charge in [0.1, 0.15) is 6.54 Å². The molecule has 1 aliphatic heterocycles. The molecule has 0 aromatic carbocycles. The Kier molecular flexibility index (Phi) is 3.01. The van der Waals surface area contributed by atoms with E-state index in [2.05, 4.69) is 7.05 Å². The third kappa shape index (κ3) is 2.15. The van der Waals surface area contributed by atoms with Gasteiger partial charge in [-0.2, -0.15) is 11.8 Å². The lowest BCUT2D eigenvalue weighted by Gasteiger charge is -2.36. The molecule has 2 nitrogen and oxygen atoms in total. The van der Waals surface area contributed by atoms with E-state index in [9.17, 15) is 0 Å². The quantitative estimate of drug-likeness (QED) is 0.584. The standard InChI is InChI=1S/C7H16NOS/c1-8(2-5-9)3-6-10-7-4-8/h9H,2-7H2,1H3/q+1. The highest BCUT2D eigenvalue weighted by atomic mass is 32.2. The average molecular weight is 162 g/mol. The van der Waals surface area contributed by atoms with Crippen LogP contribution in [0.25, 0.3) is 0 Å². The molecule has 0 radical (unpaired) electrons. The molecule has 0 aliphatic carbocycles. The van der Waals surface area contributed by atoms with Crippen molar-refractivity contribution in [2.24, 2.45) is 0 Å². The van der Waals surface area contributed by atoms with Gasteiger partial charge >= 0.3 is 0 Å². The number of likely N-dealkylation sites (N-methyl/N-ethyl adjacent to an activating group) is 1. The second kappa shape index (κ2) is 3.60. The molecule has 60 valence electrons. The van der Waals surface area contributed by atoms with Gasteiger partial charge in [-0.15, -0.1) is 0 Å². The van der Waals surface area contributed by atoms with Crippen LogP contribution >= 0.6 is 11.8 Å². The van der Waals surface area contributed by atoms with E-state index in [1.165, 1.54) is 24.6 Å². The summed E-state index contributed by atoms with van der Waals surface area (Å²) in [5, 5.41) is 8.76. The fourth-order valence-electron chi connectivity index (χ4n) is 1.25. The molecule has 0 saturated carbocycles. The minimum Gasteiger partial charge on any atom is -0.391 e. The summed E-state index contributed by atoms with van der Waals surface area (Å²) in [4.78, 5) is 0. The number of aliphatic hydroxyl groups is 1. The van der Waals surface area contributed by atoms with Crippen molar-refractivity contribution in [3.63, 3.8) is 0 Å². The Balaban J connectivity index is 2.32. The van der Waals surface area contributed by atoms with Crippen LogP contribution in [0.5, 0.6) is 0 Å². The third-order valence-corrected chi connectivity index (χ3v) is 3.13. The molecule has 0 spiro atoms. The first kappa shape index (κ1) is 8.37. The van der Waals surface area contributed by atoms with Crippen LogP contribution in [0.15, 0.2) is 0 Å². The van der Waals surface area contributed by atoms with Gasteiger partial charge in [-0.05, 0) is 0 Å². The summed E-state index contributed by atoms with van der Waals surface area (Å²) in [7, 11) is 2.23. The number of hydrogen-bond acceptors (Lipinski definition) is 2. The molecule has 0 aromatic heterocycles. The van der Waals surface area contributed by atoms with Crippen LogP contribution in [0.4, 0.5) is 0 Å². The molecule has 0 aromatic rings. The first-order valence-corrected chi connectivity index (χ1v) is 4.94. The fraction of sp³-hybridized carbons (Fsp3) is 1.00. The molecular weight excluding hydrogens is 146 g/mol. The lowest BCUT2D eigenvalue weighted by molar-refractivity contribution is -0.906. The van der Waals surface area contributed by atoms with Gasteiger partial charge in [-0.3, -0.25) is 0 Å². The van der Waals surface area contributed by atoms with E-state index >= 15 is 0 Å². The first-order chi connectivity index (χ1) is 4.77. The van der Waals surface area contributed by atoms with E-state index in [-0.39, 0.29) is 0 Å². The van der Waals surface area contributed by atoms with Crippen LogP contribution in [0.2, 0.25) is 0 Å². The van der Waals surface area contributed by atoms with Crippen molar-refractivity contribution in [2.75, 3.05) is 44.8 Å². The molecular formula is C7H16NOS+. The van der Waals surface area contributed by atoms with Gasteiger partial charge in [-0.1, -0.05) is 0 Å². The van der Waals surface area contributed by atoms with E-state index in [0.29, 0.717) is 6.61 Å². The second-order valence-electron chi connectivity index (χ2n) is 3.13. The Morgan fingerprint density at radius 2 is 2.00 bits per heavy atom. The van der Waals surface area contributed by atoms with Crippen LogP contribution in [0.1, 0.15) is 0 Å². The molecule has 0 atom stereocenters. The van der Waals surface area contributed by atoms with Crippen LogP contribution in [0.3, 0.4) is 0 Å². The van der Waals surface area contributed by atoms with Gasteiger partial charge in [0.25, 0.3) is 0 Å². The van der Waals surface area contributed by atoms with E-state index in [1.54, 1.807) is 0 Å². The highest BCUT2D eigenvalue weighted by molar-refractivity contribution is 7.99. The Bertz CT molecular complexity index is 96.3. The van der Waals surface area contributed by atoms with E-state index in [4.69, 9.17) is 5.11 Å². The molecule has 1 aliphatic rings. The monoisotopic (exact) mass is 162 g/mol. The highest BCUT2D eigenvalue weighted by Gasteiger charge is 2.23. The molecule has 3 heteroatoms. The summed E-state index contributed by atoms with van der Waals surface area (Å²) in [5.74, 6) is 2.52. The SMILES string of the molecule is C[N+]1(CCO)CCSCC1. The average Bonchev–Trinajstić information content (AvgIpc) is 1.89. The van der Waals surface area contributed by atoms with Crippen LogP contribution in [-0.2, 0) is 0 Å². The Labute approximate surface area is 66.8 Å². The molecule has 1 N–H and O–H groups in total. The normalized spacial score (nSPS) is 24.6. The molecule has 1 heterocycles. The van der Waals surface area contributed by atoms with Gasteiger partial charge in [0.2, 0.25) is 0 Å². The van der Waals surface area contributed by atoms with Crippen LogP contribution in [-0.4, -0.2) is 54.4 Å². The minimum absolute atomic E-state index is 0.334. The Morgan fingerprint density at radius 1 is 1.40 bits per heavy atom. The first-order valence-electron chi connectivity index (χ1n) is 3.79. The maximum atomic E-state index is 8.76. The Hall–Kier alpha value is 0.270. The van der Waals surface area contributed by atoms with Crippen molar-refractivity contribution in [1.82, 2.24) is 0 Å². The summed E-state index contributed by atoms with van der Waals surface area (Å²) >= 11 is 2.03. The molecule has 1 saturated heterocycles. The van der Waals surface area contributed by atoms with Gasteiger partial charge in [0, 0.05) is 11.5 Å². The van der Waals surface area contributed by atoms with Crippen molar-refractivity contribution in [3.05, 3.63) is 0 Å². The van der Waals surface area contributed by atoms with Gasteiger partial charge in [0.05, 0.1) is 26.7 Å². The maximum Gasteiger partial charge on any atom is 0.102 e. The predicted molar refractivity (Wildman–Crippen MR) is 45.2 cm³/mol. The zero-order valence-corrected chi connectivity index (χ0v) is 7.36. The number of quaternary nitrogens is 1. The zero-order chi connectivity index (χ0) is 7.45. The summed E-state index contributed by atoms with van der Waals surface area (Å²) < 4.78 is 1.07. The fourth-order valence-corrected chi connectivity index (χ4v) is 2.59. The number of hydrogen-bond donors (Lipinski definition) is 1. The zero-order valence-electron chi connectivity index (χ0n) is 6.55. The lowest BCUT2D eigenvalue weighted by Crippen LogP contribution is -2.51. The maximum absolute atomic E-state index is 8.76. The smallest absolute Gasteiger partial charge is 0.102 e. The summed E-state index contributed by atoms with van der Waals surface area (Å²) in [6.07, 6.45) is 0. The number of thioether (sulfide) groups is 1. The van der Waals surface area contributed by atoms with Crippen molar-refractivity contribution in [3.8, 4) is 0 Å². The molecule has 0 amide bonds. The molecule has 1 rings (SSSR count). The highest BCUT2D eigenvalue weighted by Crippen LogP contribution is 2.14. The van der Waals surface area contributed by atoms with E-state index in [1.807, 2.05) is 11.8 Å². The van der Waals surface area contributed by atoms with Crippen molar-refractivity contribution in [2.45, 2.75) is 0 Å². The van der Waals surface area contributed by atoms with Crippen molar-refractivity contribution < 1.29 is 9.59 Å². The summed E-state index contributed by atoms with van der Waals surface area (Å²) in [6, 6.07) is 0. The molecule has 1 fully saturated rings. The van der Waals surface area contributed by atoms with Gasteiger partial charge in [-0.25, -0.2) is 0 Å². The predicted octanol–water partition coefficient (Wildman–Crippen LogP) is 0.172. The topological polar surface area (TPSA) is 20.2 Å². The molecule has 0 bridgehead atoms. The van der Waals surface area contributed by atoms with Gasteiger partial charge in [0.15, 0.2) is 0 Å². The minimum atomic E-state index is 0.334. The van der Waals surface area contributed by atoms with Crippen LogP contribution < -0.4 is 0 Å². The van der Waals surface area contributed by atoms with E-state index < -0.39 is 0 Å². The van der Waals surface area contributed by atoms with Crippen molar-refractivity contribution >= 4 is 11.8 Å². The number of rotatable bonds is 2. The largest absolute Gasteiger partial charge is 0.391 e. The van der Waals surface area contributed by atoms with Crippen LogP contribution in [0, 0.1) is 0 Å². The molecule has 10 heavy (non-hydrogen) atoms. The van der Waals surface area contributed by atoms with Crippen molar-refractivity contribution in [1.29, 1.82) is 0 Å². The summed E-state index contributed by atoms with van der Waals surface area (Å²) in [5.41, 5.74) is 0. The summed E-state index contributed by atoms with van der Waals surface area (Å²) in [6.45, 7) is 3.72. The third-order valence-electron chi connectivity index (χ3n) is 2.19. The number of aliphatic hydroxyl groups excluding tert-OH is 1. The second-order valence-corrected chi connectivity index (χ2v) is 4.35. The lowest BCUT2D eigenvalue weighted by atomic mass is 10.4. The van der Waals surface area contributed by atoms with E-state index in [0.717, 1.165) is 11.0 Å².